The highest BCUT2D eigenvalue weighted by Crippen LogP contribution is 2.09. The van der Waals surface area contributed by atoms with Gasteiger partial charge in [-0.25, -0.2) is 8.42 Å². The number of sulfonamides is 1. The summed E-state index contributed by atoms with van der Waals surface area (Å²) in [6.07, 6.45) is 0. The third-order valence-electron chi connectivity index (χ3n) is 1.43. The van der Waals surface area contributed by atoms with E-state index in [0.29, 0.717) is 0 Å². The average Bonchev–Trinajstić information content (AvgIpc) is 2.18. The molecule has 0 fully saturated rings. The first-order valence-electron chi connectivity index (χ1n) is 3.67. The third kappa shape index (κ3) is 2.80. The molecule has 0 aliphatic rings. The van der Waals surface area contributed by atoms with Crippen LogP contribution in [0.5, 0.6) is 0 Å². The van der Waals surface area contributed by atoms with E-state index >= 15 is 0 Å². The van der Waals surface area contributed by atoms with Crippen LogP contribution in [0.2, 0.25) is 0 Å². The highest BCUT2D eigenvalue weighted by molar-refractivity contribution is 9.09. The van der Waals surface area contributed by atoms with E-state index in [4.69, 9.17) is 5.26 Å². The van der Waals surface area contributed by atoms with Crippen LogP contribution in [-0.4, -0.2) is 13.4 Å². The smallest absolute Gasteiger partial charge is 0.207 e. The van der Waals surface area contributed by atoms with Gasteiger partial charge in [0.2, 0.25) is 10.0 Å². The molecule has 0 amide bonds. The number of nitriles is 1. The Labute approximate surface area is 90.7 Å². The molecule has 0 saturated carbocycles. The molecular formula is C8H7BrN2O2S. The zero-order valence-corrected chi connectivity index (χ0v) is 9.42. The number of benzene rings is 1. The van der Waals surface area contributed by atoms with Gasteiger partial charge in [0, 0.05) is 0 Å². The summed E-state index contributed by atoms with van der Waals surface area (Å²) in [6, 6.07) is 9.58. The van der Waals surface area contributed by atoms with Crippen molar-refractivity contribution >= 4 is 26.0 Å². The van der Waals surface area contributed by atoms with Crippen LogP contribution in [0.1, 0.15) is 0 Å². The van der Waals surface area contributed by atoms with Crippen molar-refractivity contribution in [3.05, 3.63) is 30.3 Å². The van der Waals surface area contributed by atoms with E-state index in [9.17, 15) is 8.42 Å². The molecule has 1 unspecified atom stereocenters. The van der Waals surface area contributed by atoms with Crippen molar-refractivity contribution in [2.75, 3.05) is 0 Å². The first-order valence-corrected chi connectivity index (χ1v) is 6.07. The molecular weight excluding hydrogens is 268 g/mol. The Morgan fingerprint density at radius 3 is 2.43 bits per heavy atom. The Kier molecular flexibility index (Phi) is 3.63. The zero-order chi connectivity index (χ0) is 10.6. The minimum atomic E-state index is -3.59. The minimum Gasteiger partial charge on any atom is -0.207 e. The average molecular weight is 275 g/mol. The van der Waals surface area contributed by atoms with Crippen molar-refractivity contribution in [3.63, 3.8) is 0 Å². The summed E-state index contributed by atoms with van der Waals surface area (Å²) in [4.78, 5) is -0.771. The van der Waals surface area contributed by atoms with Crippen molar-refractivity contribution in [2.45, 2.75) is 9.85 Å². The fraction of sp³-hybridized carbons (Fsp3) is 0.125. The van der Waals surface area contributed by atoms with Crippen LogP contribution in [0.25, 0.3) is 0 Å². The number of hydrogen-bond donors (Lipinski definition) is 1. The number of rotatable bonds is 3. The second-order valence-corrected chi connectivity index (χ2v) is 5.06. The summed E-state index contributed by atoms with van der Waals surface area (Å²) in [7, 11) is -3.59. The maximum Gasteiger partial charge on any atom is 0.242 e. The molecule has 1 N–H and O–H groups in total. The first kappa shape index (κ1) is 11.2. The van der Waals surface area contributed by atoms with Gasteiger partial charge in [0.05, 0.1) is 11.0 Å². The molecule has 0 aliphatic heterocycles. The van der Waals surface area contributed by atoms with E-state index < -0.39 is 15.0 Å². The number of nitrogens with zero attached hydrogens (tertiary/aromatic N) is 1. The molecule has 6 heteroatoms. The normalized spacial score (nSPS) is 13.1. The lowest BCUT2D eigenvalue weighted by molar-refractivity contribution is 0.584. The maximum absolute atomic E-state index is 11.5. The second-order valence-electron chi connectivity index (χ2n) is 2.43. The molecule has 0 bridgehead atoms. The number of alkyl halides is 1. The molecule has 0 heterocycles. The van der Waals surface area contributed by atoms with E-state index in [1.54, 1.807) is 24.3 Å². The number of nitrogens with one attached hydrogen (secondary N) is 1. The highest BCUT2D eigenvalue weighted by Gasteiger charge is 2.16. The third-order valence-corrected chi connectivity index (χ3v) is 3.60. The van der Waals surface area contributed by atoms with E-state index in [1.807, 2.05) is 0 Å². The van der Waals surface area contributed by atoms with E-state index in [1.165, 1.54) is 12.1 Å². The molecule has 0 aliphatic carbocycles. The van der Waals surface area contributed by atoms with E-state index in [0.717, 1.165) is 0 Å². The minimum absolute atomic E-state index is 0.139. The summed E-state index contributed by atoms with van der Waals surface area (Å²) in [5, 5.41) is 8.42. The van der Waals surface area contributed by atoms with Crippen molar-refractivity contribution in [3.8, 4) is 6.07 Å². The van der Waals surface area contributed by atoms with Crippen LogP contribution in [0.3, 0.4) is 0 Å². The lowest BCUT2D eigenvalue weighted by Gasteiger charge is -2.05. The van der Waals surface area contributed by atoms with Crippen molar-refractivity contribution in [2.24, 2.45) is 0 Å². The quantitative estimate of drug-likeness (QED) is 0.665. The molecule has 74 valence electrons. The van der Waals surface area contributed by atoms with Gasteiger partial charge in [-0.2, -0.15) is 9.98 Å². The summed E-state index contributed by atoms with van der Waals surface area (Å²) >= 11 is 2.86. The van der Waals surface area contributed by atoms with Crippen molar-refractivity contribution in [1.29, 1.82) is 5.26 Å². The van der Waals surface area contributed by atoms with E-state index in [2.05, 4.69) is 20.7 Å². The fourth-order valence-corrected chi connectivity index (χ4v) is 2.55. The Bertz CT molecular complexity index is 438. The summed E-state index contributed by atoms with van der Waals surface area (Å²) in [5.41, 5.74) is 0. The summed E-state index contributed by atoms with van der Waals surface area (Å²) in [5.74, 6) is 0. The van der Waals surface area contributed by atoms with Crippen LogP contribution < -0.4 is 4.72 Å². The molecule has 14 heavy (non-hydrogen) atoms. The van der Waals surface area contributed by atoms with Gasteiger partial charge in [-0.1, -0.05) is 34.1 Å². The molecule has 1 atom stereocenters. The van der Waals surface area contributed by atoms with Gasteiger partial charge in [-0.05, 0) is 12.1 Å². The van der Waals surface area contributed by atoms with Crippen molar-refractivity contribution in [1.82, 2.24) is 4.72 Å². The predicted molar refractivity (Wildman–Crippen MR) is 55.1 cm³/mol. The van der Waals surface area contributed by atoms with Gasteiger partial charge < -0.3 is 0 Å². The molecule has 0 saturated heterocycles. The molecule has 1 aromatic rings. The molecule has 0 aromatic heterocycles. The van der Waals surface area contributed by atoms with Crippen LogP contribution >= 0.6 is 15.9 Å². The Morgan fingerprint density at radius 1 is 1.36 bits per heavy atom. The van der Waals surface area contributed by atoms with Gasteiger partial charge in [0.1, 0.15) is 0 Å². The number of hydrogen-bond acceptors (Lipinski definition) is 3. The maximum atomic E-state index is 11.5. The number of halogens is 1. The Hall–Kier alpha value is -0.900. The van der Waals surface area contributed by atoms with Gasteiger partial charge in [-0.15, -0.1) is 0 Å². The van der Waals surface area contributed by atoms with E-state index in [-0.39, 0.29) is 4.90 Å². The standard InChI is InChI=1S/C8H7BrN2O2S/c9-8(6-10)11-14(12,13)7-4-2-1-3-5-7/h1-5,8,11H. The largest absolute Gasteiger partial charge is 0.242 e. The molecule has 0 spiro atoms. The zero-order valence-electron chi connectivity index (χ0n) is 7.01. The van der Waals surface area contributed by atoms with Crippen LogP contribution in [0.15, 0.2) is 35.2 Å². The molecule has 1 rings (SSSR count). The van der Waals surface area contributed by atoms with Gasteiger partial charge >= 0.3 is 0 Å². The van der Waals surface area contributed by atoms with Gasteiger partial charge in [0.15, 0.2) is 4.95 Å². The van der Waals surface area contributed by atoms with Gasteiger partial charge in [0.25, 0.3) is 0 Å². The molecule has 0 radical (unpaired) electrons. The highest BCUT2D eigenvalue weighted by atomic mass is 79.9. The lowest BCUT2D eigenvalue weighted by Crippen LogP contribution is -2.29. The van der Waals surface area contributed by atoms with Gasteiger partial charge in [-0.3, -0.25) is 0 Å². The molecule has 4 nitrogen and oxygen atoms in total. The van der Waals surface area contributed by atoms with Crippen molar-refractivity contribution < 1.29 is 8.42 Å². The topological polar surface area (TPSA) is 70.0 Å². The van der Waals surface area contributed by atoms with Crippen LogP contribution in [-0.2, 0) is 10.0 Å². The lowest BCUT2D eigenvalue weighted by atomic mass is 10.4. The summed E-state index contributed by atoms with van der Waals surface area (Å²) < 4.78 is 25.2. The SMILES string of the molecule is N#CC(Br)NS(=O)(=O)c1ccccc1. The fourth-order valence-electron chi connectivity index (χ4n) is 0.830. The molecule has 1 aromatic carbocycles. The summed E-state index contributed by atoms with van der Waals surface area (Å²) in [6.45, 7) is 0. The van der Waals surface area contributed by atoms with Crippen LogP contribution in [0.4, 0.5) is 0 Å². The first-order chi connectivity index (χ1) is 6.56. The van der Waals surface area contributed by atoms with Crippen LogP contribution in [0, 0.1) is 11.3 Å². The Morgan fingerprint density at radius 2 is 1.93 bits per heavy atom. The second kappa shape index (κ2) is 4.55. The Balaban J connectivity index is 2.94. The monoisotopic (exact) mass is 274 g/mol. The predicted octanol–water partition coefficient (Wildman–Crippen LogP) is 1.21.